The Hall–Kier alpha value is -0.770. The van der Waals surface area contributed by atoms with Crippen molar-refractivity contribution in [3.8, 4) is 0 Å². The SMILES string of the molecule is CN1C(=NCC2CCCN2)NC2CCCCC21. The van der Waals surface area contributed by atoms with Gasteiger partial charge in [-0.2, -0.15) is 0 Å². The van der Waals surface area contributed by atoms with Crippen LogP contribution in [0, 0.1) is 0 Å². The highest BCUT2D eigenvalue weighted by molar-refractivity contribution is 5.82. The Kier molecular flexibility index (Phi) is 3.23. The summed E-state index contributed by atoms with van der Waals surface area (Å²) in [6.07, 6.45) is 7.99. The van der Waals surface area contributed by atoms with E-state index in [0.29, 0.717) is 18.1 Å². The summed E-state index contributed by atoms with van der Waals surface area (Å²) >= 11 is 0. The van der Waals surface area contributed by atoms with E-state index in [4.69, 9.17) is 4.99 Å². The number of hydrogen-bond donors (Lipinski definition) is 2. The van der Waals surface area contributed by atoms with Crippen LogP contribution in [-0.4, -0.2) is 49.1 Å². The van der Waals surface area contributed by atoms with E-state index in [0.717, 1.165) is 12.5 Å². The molecule has 3 rings (SSSR count). The lowest BCUT2D eigenvalue weighted by molar-refractivity contribution is 0.278. The Morgan fingerprint density at radius 2 is 2.12 bits per heavy atom. The van der Waals surface area contributed by atoms with Crippen LogP contribution in [0.25, 0.3) is 0 Å². The Labute approximate surface area is 104 Å². The van der Waals surface area contributed by atoms with E-state index in [9.17, 15) is 0 Å². The highest BCUT2D eigenvalue weighted by Crippen LogP contribution is 2.26. The molecular weight excluding hydrogens is 212 g/mol. The smallest absolute Gasteiger partial charge is 0.194 e. The Morgan fingerprint density at radius 3 is 2.88 bits per heavy atom. The van der Waals surface area contributed by atoms with E-state index < -0.39 is 0 Å². The first kappa shape index (κ1) is 11.3. The summed E-state index contributed by atoms with van der Waals surface area (Å²) < 4.78 is 0. The van der Waals surface area contributed by atoms with Crippen LogP contribution in [0.5, 0.6) is 0 Å². The number of likely N-dealkylation sites (N-methyl/N-ethyl adjacent to an activating group) is 1. The van der Waals surface area contributed by atoms with Gasteiger partial charge in [-0.05, 0) is 32.2 Å². The maximum absolute atomic E-state index is 4.78. The number of guanidine groups is 1. The van der Waals surface area contributed by atoms with Crippen molar-refractivity contribution >= 4 is 5.96 Å². The highest BCUT2D eigenvalue weighted by Gasteiger charge is 2.36. The van der Waals surface area contributed by atoms with Gasteiger partial charge in [-0.25, -0.2) is 0 Å². The minimum Gasteiger partial charge on any atom is -0.351 e. The second-order valence-electron chi connectivity index (χ2n) is 5.67. The lowest BCUT2D eigenvalue weighted by Crippen LogP contribution is -2.37. The fourth-order valence-electron chi connectivity index (χ4n) is 3.43. The number of hydrogen-bond acceptors (Lipinski definition) is 2. The van der Waals surface area contributed by atoms with E-state index in [1.165, 1.54) is 45.1 Å². The van der Waals surface area contributed by atoms with Gasteiger partial charge in [0.1, 0.15) is 0 Å². The third kappa shape index (κ3) is 2.28. The van der Waals surface area contributed by atoms with Crippen molar-refractivity contribution < 1.29 is 0 Å². The zero-order valence-corrected chi connectivity index (χ0v) is 10.8. The number of rotatable bonds is 2. The molecule has 1 aliphatic carbocycles. The van der Waals surface area contributed by atoms with Gasteiger partial charge in [0.2, 0.25) is 0 Å². The fourth-order valence-corrected chi connectivity index (χ4v) is 3.43. The summed E-state index contributed by atoms with van der Waals surface area (Å²) in [6.45, 7) is 2.11. The summed E-state index contributed by atoms with van der Waals surface area (Å²) in [6, 6.07) is 1.96. The third-order valence-electron chi connectivity index (χ3n) is 4.50. The van der Waals surface area contributed by atoms with Crippen LogP contribution in [-0.2, 0) is 0 Å². The monoisotopic (exact) mass is 236 g/mol. The average Bonchev–Trinajstić information content (AvgIpc) is 2.96. The summed E-state index contributed by atoms with van der Waals surface area (Å²) in [4.78, 5) is 7.15. The van der Waals surface area contributed by atoms with Crippen molar-refractivity contribution in [3.05, 3.63) is 0 Å². The van der Waals surface area contributed by atoms with Crippen molar-refractivity contribution in [3.63, 3.8) is 0 Å². The lowest BCUT2D eigenvalue weighted by atomic mass is 9.91. The van der Waals surface area contributed by atoms with E-state index >= 15 is 0 Å². The first-order valence-electron chi connectivity index (χ1n) is 7.12. The Morgan fingerprint density at radius 1 is 1.24 bits per heavy atom. The van der Waals surface area contributed by atoms with Gasteiger partial charge >= 0.3 is 0 Å². The van der Waals surface area contributed by atoms with Crippen molar-refractivity contribution in [2.75, 3.05) is 20.1 Å². The molecule has 0 aromatic heterocycles. The molecule has 17 heavy (non-hydrogen) atoms. The topological polar surface area (TPSA) is 39.7 Å². The van der Waals surface area contributed by atoms with Gasteiger partial charge in [0.25, 0.3) is 0 Å². The van der Waals surface area contributed by atoms with Crippen LogP contribution < -0.4 is 10.6 Å². The zero-order chi connectivity index (χ0) is 11.7. The van der Waals surface area contributed by atoms with E-state index in [-0.39, 0.29) is 0 Å². The molecule has 3 fully saturated rings. The summed E-state index contributed by atoms with van der Waals surface area (Å²) in [7, 11) is 2.20. The molecular formula is C13H24N4. The minimum absolute atomic E-state index is 0.611. The van der Waals surface area contributed by atoms with Crippen LogP contribution >= 0.6 is 0 Å². The van der Waals surface area contributed by atoms with E-state index in [2.05, 4.69) is 22.6 Å². The predicted molar refractivity (Wildman–Crippen MR) is 70.3 cm³/mol. The molecule has 2 N–H and O–H groups in total. The van der Waals surface area contributed by atoms with Gasteiger partial charge in [-0.15, -0.1) is 0 Å². The molecule has 0 amide bonds. The third-order valence-corrected chi connectivity index (χ3v) is 4.50. The van der Waals surface area contributed by atoms with Gasteiger partial charge in [0.05, 0.1) is 12.6 Å². The molecule has 2 saturated heterocycles. The maximum Gasteiger partial charge on any atom is 0.194 e. The zero-order valence-electron chi connectivity index (χ0n) is 10.8. The molecule has 0 radical (unpaired) electrons. The second kappa shape index (κ2) is 4.84. The Balaban J connectivity index is 1.61. The molecule has 0 aromatic rings. The van der Waals surface area contributed by atoms with Crippen molar-refractivity contribution in [1.29, 1.82) is 0 Å². The number of aliphatic imine (C=N–C) groups is 1. The van der Waals surface area contributed by atoms with Crippen LogP contribution in [0.2, 0.25) is 0 Å². The molecule has 4 nitrogen and oxygen atoms in total. The van der Waals surface area contributed by atoms with Gasteiger partial charge < -0.3 is 15.5 Å². The maximum atomic E-state index is 4.78. The van der Waals surface area contributed by atoms with Crippen molar-refractivity contribution in [2.24, 2.45) is 4.99 Å². The summed E-state index contributed by atoms with van der Waals surface area (Å²) in [5.41, 5.74) is 0. The first-order valence-corrected chi connectivity index (χ1v) is 7.12. The second-order valence-corrected chi connectivity index (χ2v) is 5.67. The van der Waals surface area contributed by atoms with E-state index in [1.54, 1.807) is 0 Å². The molecule has 0 spiro atoms. The predicted octanol–water partition coefficient (Wildman–Crippen LogP) is 0.941. The summed E-state index contributed by atoms with van der Waals surface area (Å²) in [5.74, 6) is 1.13. The molecule has 3 atom stereocenters. The highest BCUT2D eigenvalue weighted by atomic mass is 15.4. The summed E-state index contributed by atoms with van der Waals surface area (Å²) in [5, 5.41) is 7.12. The lowest BCUT2D eigenvalue weighted by Gasteiger charge is -2.27. The van der Waals surface area contributed by atoms with Gasteiger partial charge in [0.15, 0.2) is 5.96 Å². The number of nitrogens with one attached hydrogen (secondary N) is 2. The van der Waals surface area contributed by atoms with Crippen molar-refractivity contribution in [1.82, 2.24) is 15.5 Å². The van der Waals surface area contributed by atoms with Crippen LogP contribution in [0.3, 0.4) is 0 Å². The molecule has 4 heteroatoms. The van der Waals surface area contributed by atoms with Crippen LogP contribution in [0.15, 0.2) is 4.99 Å². The molecule has 3 aliphatic rings. The fraction of sp³-hybridized carbons (Fsp3) is 0.923. The molecule has 1 saturated carbocycles. The molecule has 3 unspecified atom stereocenters. The van der Waals surface area contributed by atoms with Crippen LogP contribution in [0.4, 0.5) is 0 Å². The van der Waals surface area contributed by atoms with Crippen molar-refractivity contribution in [2.45, 2.75) is 56.7 Å². The van der Waals surface area contributed by atoms with Gasteiger partial charge in [0, 0.05) is 19.1 Å². The van der Waals surface area contributed by atoms with Crippen LogP contribution in [0.1, 0.15) is 38.5 Å². The molecule has 0 bridgehead atoms. The average molecular weight is 236 g/mol. The number of nitrogens with zero attached hydrogens (tertiary/aromatic N) is 2. The number of fused-ring (bicyclic) bond motifs is 1. The Bertz CT molecular complexity index is 296. The standard InChI is InChI=1S/C13H24N4/c1-17-12-7-3-2-6-11(12)16-13(17)15-9-10-5-4-8-14-10/h10-12,14H,2-9H2,1H3,(H,15,16). The van der Waals surface area contributed by atoms with Gasteiger partial charge in [-0.1, -0.05) is 12.8 Å². The van der Waals surface area contributed by atoms with E-state index in [1.807, 2.05) is 0 Å². The minimum atomic E-state index is 0.611. The molecule has 0 aromatic carbocycles. The first-order chi connectivity index (χ1) is 8.34. The van der Waals surface area contributed by atoms with Gasteiger partial charge in [-0.3, -0.25) is 4.99 Å². The largest absolute Gasteiger partial charge is 0.351 e. The quantitative estimate of drug-likeness (QED) is 0.749. The molecule has 96 valence electrons. The normalized spacial score (nSPS) is 39.5. The molecule has 2 aliphatic heterocycles. The molecule has 2 heterocycles.